The Kier molecular flexibility index (Phi) is 4.58. The van der Waals surface area contributed by atoms with Crippen molar-refractivity contribution in [1.29, 1.82) is 0 Å². The smallest absolute Gasteiger partial charge is 0.0410 e. The highest BCUT2D eigenvalue weighted by molar-refractivity contribution is 7.99. The molecule has 2 atom stereocenters. The lowest BCUT2D eigenvalue weighted by molar-refractivity contribution is 0.449. The van der Waals surface area contributed by atoms with Gasteiger partial charge in [0.05, 0.1) is 0 Å². The molecule has 1 aliphatic rings. The van der Waals surface area contributed by atoms with Gasteiger partial charge >= 0.3 is 0 Å². The molecule has 1 nitrogen and oxygen atoms in total. The second-order valence-electron chi connectivity index (χ2n) is 5.62. The topological polar surface area (TPSA) is 12.0 Å². The van der Waals surface area contributed by atoms with Crippen LogP contribution < -0.4 is 5.32 Å². The monoisotopic (exact) mass is 317 g/mol. The van der Waals surface area contributed by atoms with Gasteiger partial charge in [0.15, 0.2) is 0 Å². The number of hydrogen-bond donors (Lipinski definition) is 1. The Morgan fingerprint density at radius 2 is 2.05 bits per heavy atom. The summed E-state index contributed by atoms with van der Waals surface area (Å²) in [6.45, 7) is 4.42. The van der Waals surface area contributed by atoms with E-state index < -0.39 is 0 Å². The zero-order valence-corrected chi connectivity index (χ0v) is 14.0. The number of nitrogens with one attached hydrogen (secondary N) is 1. The van der Waals surface area contributed by atoms with Gasteiger partial charge in [-0.05, 0) is 60.9 Å². The highest BCUT2D eigenvalue weighted by atomic mass is 35.5. The summed E-state index contributed by atoms with van der Waals surface area (Å²) in [7, 11) is 0. The van der Waals surface area contributed by atoms with E-state index in [9.17, 15) is 0 Å². The molecule has 1 unspecified atom stereocenters. The first-order valence-corrected chi connectivity index (χ1v) is 8.75. The van der Waals surface area contributed by atoms with Gasteiger partial charge in [-0.2, -0.15) is 0 Å². The fourth-order valence-corrected chi connectivity index (χ4v) is 4.29. The minimum atomic E-state index is 0.339. The highest BCUT2D eigenvalue weighted by Gasteiger charge is 2.23. The molecule has 2 aromatic carbocycles. The molecule has 0 fully saturated rings. The molecule has 0 aromatic heterocycles. The number of benzene rings is 2. The molecule has 0 saturated heterocycles. The van der Waals surface area contributed by atoms with Crippen molar-refractivity contribution in [3.63, 3.8) is 0 Å². The number of hydrogen-bond acceptors (Lipinski definition) is 2. The first-order chi connectivity index (χ1) is 10.1. The fourth-order valence-electron chi connectivity index (χ4n) is 3.00. The van der Waals surface area contributed by atoms with E-state index in [1.165, 1.54) is 21.6 Å². The van der Waals surface area contributed by atoms with Crippen LogP contribution in [0.5, 0.6) is 0 Å². The molecule has 1 aliphatic heterocycles. The van der Waals surface area contributed by atoms with E-state index in [1.54, 1.807) is 0 Å². The van der Waals surface area contributed by atoms with Gasteiger partial charge in [0.1, 0.15) is 0 Å². The summed E-state index contributed by atoms with van der Waals surface area (Å²) in [5, 5.41) is 4.61. The number of fused-ring (bicyclic) bond motifs is 1. The van der Waals surface area contributed by atoms with Gasteiger partial charge in [0.25, 0.3) is 0 Å². The Balaban J connectivity index is 1.83. The van der Waals surface area contributed by atoms with Gasteiger partial charge in [0, 0.05) is 22.0 Å². The molecular weight excluding hydrogens is 298 g/mol. The third-order valence-corrected chi connectivity index (χ3v) is 5.48. The quantitative estimate of drug-likeness (QED) is 0.798. The minimum Gasteiger partial charge on any atom is -0.303 e. The molecule has 0 aliphatic carbocycles. The number of thioether (sulfide) groups is 1. The van der Waals surface area contributed by atoms with Gasteiger partial charge in [-0.1, -0.05) is 35.9 Å². The summed E-state index contributed by atoms with van der Waals surface area (Å²) in [4.78, 5) is 1.36. The lowest BCUT2D eigenvalue weighted by atomic mass is 9.98. The molecule has 0 bridgehead atoms. The number of halogens is 1. The average Bonchev–Trinajstić information content (AvgIpc) is 2.48. The third-order valence-electron chi connectivity index (χ3n) is 4.12. The van der Waals surface area contributed by atoms with Crippen molar-refractivity contribution in [2.75, 3.05) is 5.75 Å². The summed E-state index contributed by atoms with van der Waals surface area (Å²) in [6, 6.07) is 15.6. The molecule has 110 valence electrons. The molecule has 21 heavy (non-hydrogen) atoms. The van der Waals surface area contributed by atoms with Crippen molar-refractivity contribution in [1.82, 2.24) is 5.32 Å². The largest absolute Gasteiger partial charge is 0.303 e. The Bertz CT molecular complexity index is 641. The summed E-state index contributed by atoms with van der Waals surface area (Å²) in [5.74, 6) is 1.16. The van der Waals surface area contributed by atoms with E-state index in [0.717, 1.165) is 17.2 Å². The number of aryl methyl sites for hydroxylation is 1. The van der Waals surface area contributed by atoms with Crippen LogP contribution in [0.3, 0.4) is 0 Å². The molecule has 0 saturated carbocycles. The first kappa shape index (κ1) is 15.0. The lowest BCUT2D eigenvalue weighted by Crippen LogP contribution is -2.27. The number of rotatable bonds is 3. The minimum absolute atomic E-state index is 0.339. The maximum Gasteiger partial charge on any atom is 0.0410 e. The van der Waals surface area contributed by atoms with Crippen LogP contribution in [0.15, 0.2) is 47.4 Å². The fraction of sp³-hybridized carbons (Fsp3) is 0.333. The van der Waals surface area contributed by atoms with Crippen LogP contribution in [0.4, 0.5) is 0 Å². The van der Waals surface area contributed by atoms with Crippen molar-refractivity contribution in [2.45, 2.75) is 37.2 Å². The molecular formula is C18H20ClNS. The molecule has 0 radical (unpaired) electrons. The van der Waals surface area contributed by atoms with Gasteiger partial charge in [-0.15, -0.1) is 11.8 Å². The van der Waals surface area contributed by atoms with E-state index in [4.69, 9.17) is 11.6 Å². The summed E-state index contributed by atoms with van der Waals surface area (Å²) in [6.07, 6.45) is 1.15. The molecule has 2 aromatic rings. The van der Waals surface area contributed by atoms with Gasteiger partial charge < -0.3 is 5.32 Å². The van der Waals surface area contributed by atoms with Gasteiger partial charge in [0.2, 0.25) is 0 Å². The van der Waals surface area contributed by atoms with Crippen LogP contribution in [0.25, 0.3) is 0 Å². The molecule has 0 spiro atoms. The zero-order valence-electron chi connectivity index (χ0n) is 12.4. The predicted octanol–water partition coefficient (Wildman–Crippen LogP) is 5.54. The van der Waals surface area contributed by atoms with Gasteiger partial charge in [-0.25, -0.2) is 0 Å². The molecule has 3 heteroatoms. The summed E-state index contributed by atoms with van der Waals surface area (Å²) in [5.41, 5.74) is 4.06. The maximum absolute atomic E-state index is 6.18. The van der Waals surface area contributed by atoms with Crippen molar-refractivity contribution in [2.24, 2.45) is 0 Å². The van der Waals surface area contributed by atoms with Crippen molar-refractivity contribution in [3.05, 3.63) is 64.2 Å². The Labute approximate surface area is 136 Å². The Hall–Kier alpha value is -0.960. The van der Waals surface area contributed by atoms with E-state index in [-0.39, 0.29) is 0 Å². The second-order valence-corrected chi connectivity index (χ2v) is 7.19. The maximum atomic E-state index is 6.18. The second kappa shape index (κ2) is 6.43. The Morgan fingerprint density at radius 3 is 2.86 bits per heavy atom. The lowest BCUT2D eigenvalue weighted by Gasteiger charge is -2.29. The van der Waals surface area contributed by atoms with Crippen molar-refractivity contribution < 1.29 is 0 Å². The van der Waals surface area contributed by atoms with E-state index >= 15 is 0 Å². The van der Waals surface area contributed by atoms with Crippen LogP contribution in [0, 0.1) is 6.92 Å². The third kappa shape index (κ3) is 3.28. The van der Waals surface area contributed by atoms with Crippen LogP contribution in [0.1, 0.15) is 42.1 Å². The standard InChI is InChI=1S/C18H20ClNS/c1-12-5-3-4-6-15(12)13(2)20-17-9-10-21-18-8-7-14(19)11-16(17)18/h3-8,11,13,17,20H,9-10H2,1-2H3/t13-,17?/m0/s1. The molecule has 3 rings (SSSR count). The molecule has 1 heterocycles. The van der Waals surface area contributed by atoms with E-state index in [1.807, 2.05) is 17.8 Å². The van der Waals surface area contributed by atoms with Crippen molar-refractivity contribution in [3.8, 4) is 0 Å². The van der Waals surface area contributed by atoms with Crippen LogP contribution >= 0.6 is 23.4 Å². The highest BCUT2D eigenvalue weighted by Crippen LogP contribution is 2.38. The van der Waals surface area contributed by atoms with Crippen LogP contribution in [-0.2, 0) is 0 Å². The van der Waals surface area contributed by atoms with E-state index in [2.05, 4.69) is 55.6 Å². The Morgan fingerprint density at radius 1 is 1.24 bits per heavy atom. The summed E-state index contributed by atoms with van der Waals surface area (Å²) < 4.78 is 0. The average molecular weight is 318 g/mol. The van der Waals surface area contributed by atoms with Gasteiger partial charge in [-0.3, -0.25) is 0 Å². The molecule has 0 amide bonds. The zero-order chi connectivity index (χ0) is 14.8. The van der Waals surface area contributed by atoms with E-state index in [0.29, 0.717) is 12.1 Å². The predicted molar refractivity (Wildman–Crippen MR) is 92.3 cm³/mol. The SMILES string of the molecule is Cc1ccccc1[C@H](C)NC1CCSc2ccc(Cl)cc21. The normalized spacial score (nSPS) is 19.1. The van der Waals surface area contributed by atoms with Crippen LogP contribution in [-0.4, -0.2) is 5.75 Å². The molecule has 1 N–H and O–H groups in total. The van der Waals surface area contributed by atoms with Crippen molar-refractivity contribution >= 4 is 23.4 Å². The van der Waals surface area contributed by atoms with Crippen LogP contribution in [0.2, 0.25) is 5.02 Å². The first-order valence-electron chi connectivity index (χ1n) is 7.39. The summed E-state index contributed by atoms with van der Waals surface area (Å²) >= 11 is 8.11.